The third-order valence-corrected chi connectivity index (χ3v) is 7.29. The van der Waals surface area contributed by atoms with E-state index in [1.165, 1.54) is 0 Å². The Morgan fingerprint density at radius 1 is 0.925 bits per heavy atom. The maximum absolute atomic E-state index is 12.5. The monoisotopic (exact) mass is 557 g/mol. The van der Waals surface area contributed by atoms with Crippen molar-refractivity contribution in [1.29, 1.82) is 0 Å². The van der Waals surface area contributed by atoms with Crippen molar-refractivity contribution in [2.24, 2.45) is 0 Å². The van der Waals surface area contributed by atoms with E-state index >= 15 is 0 Å². The van der Waals surface area contributed by atoms with Crippen molar-refractivity contribution in [3.63, 3.8) is 0 Å². The fraction of sp³-hybridized carbons (Fsp3) is 0.290. The number of aryl methyl sites for hydroxylation is 1. The summed E-state index contributed by atoms with van der Waals surface area (Å²) in [6, 6.07) is 21.5. The minimum absolute atomic E-state index is 0.0853. The van der Waals surface area contributed by atoms with Gasteiger partial charge in [-0.3, -0.25) is 9.78 Å². The number of methoxy groups -OCH3 is 2. The first-order valence-corrected chi connectivity index (χ1v) is 14.1. The van der Waals surface area contributed by atoms with Gasteiger partial charge in [-0.2, -0.15) is 0 Å². The lowest BCUT2D eigenvalue weighted by atomic mass is 10.1. The smallest absolute Gasteiger partial charge is 0.251 e. The number of benzene rings is 2. The number of pyridine rings is 1. The van der Waals surface area contributed by atoms with Crippen molar-refractivity contribution in [3.8, 4) is 11.5 Å². The van der Waals surface area contributed by atoms with Gasteiger partial charge in [0.1, 0.15) is 5.82 Å². The van der Waals surface area contributed by atoms with Crippen LogP contribution in [0.3, 0.4) is 0 Å². The zero-order valence-electron chi connectivity index (χ0n) is 23.4. The van der Waals surface area contributed by atoms with Gasteiger partial charge in [0, 0.05) is 61.5 Å². The Kier molecular flexibility index (Phi) is 10.3. The second-order valence-corrected chi connectivity index (χ2v) is 10.3. The highest BCUT2D eigenvalue weighted by Crippen LogP contribution is 2.28. The average molecular weight is 558 g/mol. The summed E-state index contributed by atoms with van der Waals surface area (Å²) < 4.78 is 10.8. The van der Waals surface area contributed by atoms with Crippen LogP contribution in [-0.2, 0) is 18.6 Å². The Labute approximate surface area is 240 Å². The predicted molar refractivity (Wildman–Crippen MR) is 160 cm³/mol. The quantitative estimate of drug-likeness (QED) is 0.179. The van der Waals surface area contributed by atoms with Crippen LogP contribution in [0.1, 0.15) is 32.9 Å². The van der Waals surface area contributed by atoms with Crippen LogP contribution in [0.5, 0.6) is 11.5 Å². The Bertz CT molecular complexity index is 1400. The van der Waals surface area contributed by atoms with Gasteiger partial charge < -0.3 is 19.7 Å². The number of carbonyl (C=O) groups excluding carboxylic acids is 1. The van der Waals surface area contributed by atoms with Gasteiger partial charge in [-0.15, -0.1) is 0 Å². The van der Waals surface area contributed by atoms with Gasteiger partial charge in [-0.05, 0) is 60.9 Å². The molecule has 0 aliphatic carbocycles. The average Bonchev–Trinajstić information content (AvgIpc) is 2.99. The molecule has 0 saturated carbocycles. The molecule has 2 heterocycles. The summed E-state index contributed by atoms with van der Waals surface area (Å²) in [4.78, 5) is 28.3. The van der Waals surface area contributed by atoms with E-state index in [0.29, 0.717) is 24.3 Å². The number of rotatable bonds is 13. The number of anilines is 1. The van der Waals surface area contributed by atoms with Gasteiger partial charge in [0.25, 0.3) is 5.91 Å². The molecular formula is C31H35N5O3S. The SMILES string of the molecule is COc1ccc(CCN(C)c2cc(C)nc(SCc3ccc(C(=O)NCCc4ccccn4)cc3)n2)cc1OC. The van der Waals surface area contributed by atoms with Gasteiger partial charge >= 0.3 is 0 Å². The van der Waals surface area contributed by atoms with Crippen LogP contribution in [0, 0.1) is 6.92 Å². The molecule has 8 nitrogen and oxygen atoms in total. The fourth-order valence-corrected chi connectivity index (χ4v) is 4.94. The molecular weight excluding hydrogens is 522 g/mol. The number of hydrogen-bond donors (Lipinski definition) is 1. The van der Waals surface area contributed by atoms with Crippen LogP contribution < -0.4 is 19.7 Å². The molecule has 0 aliphatic heterocycles. The van der Waals surface area contributed by atoms with E-state index in [0.717, 1.165) is 58.0 Å². The molecule has 0 bridgehead atoms. The highest BCUT2D eigenvalue weighted by molar-refractivity contribution is 7.98. The van der Waals surface area contributed by atoms with Crippen molar-refractivity contribution < 1.29 is 14.3 Å². The van der Waals surface area contributed by atoms with E-state index in [2.05, 4.69) is 26.3 Å². The summed E-state index contributed by atoms with van der Waals surface area (Å²) >= 11 is 1.58. The highest BCUT2D eigenvalue weighted by Gasteiger charge is 2.11. The third-order valence-electron chi connectivity index (χ3n) is 6.37. The number of amides is 1. The van der Waals surface area contributed by atoms with Gasteiger partial charge in [-0.1, -0.05) is 36.0 Å². The molecule has 2 aromatic heterocycles. The van der Waals surface area contributed by atoms with E-state index in [4.69, 9.17) is 14.5 Å². The maximum atomic E-state index is 12.5. The lowest BCUT2D eigenvalue weighted by Crippen LogP contribution is -2.25. The van der Waals surface area contributed by atoms with Gasteiger partial charge in [-0.25, -0.2) is 9.97 Å². The molecule has 0 radical (unpaired) electrons. The first-order valence-electron chi connectivity index (χ1n) is 13.1. The second kappa shape index (κ2) is 14.3. The Morgan fingerprint density at radius 3 is 2.42 bits per heavy atom. The molecule has 0 unspecified atom stereocenters. The van der Waals surface area contributed by atoms with E-state index < -0.39 is 0 Å². The van der Waals surface area contributed by atoms with E-state index in [9.17, 15) is 4.79 Å². The zero-order chi connectivity index (χ0) is 28.3. The molecule has 0 saturated heterocycles. The van der Waals surface area contributed by atoms with Crippen molar-refractivity contribution in [2.45, 2.75) is 30.7 Å². The summed E-state index contributed by atoms with van der Waals surface area (Å²) in [5.41, 5.74) is 4.78. The molecule has 0 aliphatic rings. The maximum Gasteiger partial charge on any atom is 0.251 e. The number of nitrogens with one attached hydrogen (secondary N) is 1. The topological polar surface area (TPSA) is 89.5 Å². The summed E-state index contributed by atoms with van der Waals surface area (Å²) in [7, 11) is 5.32. The van der Waals surface area contributed by atoms with E-state index in [1.54, 1.807) is 32.2 Å². The van der Waals surface area contributed by atoms with Gasteiger partial charge in [0.15, 0.2) is 16.7 Å². The zero-order valence-corrected chi connectivity index (χ0v) is 24.2. The molecule has 4 aromatic rings. The van der Waals surface area contributed by atoms with Crippen LogP contribution in [0.25, 0.3) is 0 Å². The Morgan fingerprint density at radius 2 is 1.70 bits per heavy atom. The summed E-state index contributed by atoms with van der Waals surface area (Å²) in [5, 5.41) is 3.68. The van der Waals surface area contributed by atoms with Crippen LogP contribution in [0.4, 0.5) is 5.82 Å². The summed E-state index contributed by atoms with van der Waals surface area (Å²) in [5.74, 6) is 2.96. The van der Waals surface area contributed by atoms with Crippen molar-refractivity contribution in [1.82, 2.24) is 20.3 Å². The molecule has 1 amide bonds. The standard InChI is InChI=1S/C31H35N5O3S/c1-22-19-29(36(2)18-15-23-10-13-27(38-3)28(20-23)39-4)35-31(34-22)40-21-24-8-11-25(12-9-24)30(37)33-17-14-26-7-5-6-16-32-26/h5-13,16,19-20H,14-15,17-18,21H2,1-4H3,(H,33,37). The van der Waals surface area contributed by atoms with Crippen molar-refractivity contribution >= 4 is 23.5 Å². The third kappa shape index (κ3) is 8.19. The molecule has 40 heavy (non-hydrogen) atoms. The Balaban J connectivity index is 1.29. The van der Waals surface area contributed by atoms with Crippen LogP contribution in [0.2, 0.25) is 0 Å². The van der Waals surface area contributed by atoms with Gasteiger partial charge in [0.2, 0.25) is 0 Å². The first-order chi connectivity index (χ1) is 19.4. The number of thioether (sulfide) groups is 1. The highest BCUT2D eigenvalue weighted by atomic mass is 32.2. The lowest BCUT2D eigenvalue weighted by molar-refractivity contribution is 0.0954. The van der Waals surface area contributed by atoms with Crippen molar-refractivity contribution in [3.05, 3.63) is 101 Å². The number of carbonyl (C=O) groups is 1. The van der Waals surface area contributed by atoms with Crippen LogP contribution in [-0.4, -0.2) is 55.2 Å². The second-order valence-electron chi connectivity index (χ2n) is 9.32. The van der Waals surface area contributed by atoms with Gasteiger partial charge in [0.05, 0.1) is 14.2 Å². The Hall–Kier alpha value is -4.11. The van der Waals surface area contributed by atoms with Crippen LogP contribution in [0.15, 0.2) is 78.1 Å². The van der Waals surface area contributed by atoms with E-state index in [1.807, 2.05) is 74.6 Å². The number of hydrogen-bond acceptors (Lipinski definition) is 8. The fourth-order valence-electron chi connectivity index (χ4n) is 4.09. The molecule has 9 heteroatoms. The molecule has 208 valence electrons. The van der Waals surface area contributed by atoms with Crippen molar-refractivity contribution in [2.75, 3.05) is 39.3 Å². The predicted octanol–water partition coefficient (Wildman–Crippen LogP) is 5.14. The van der Waals surface area contributed by atoms with E-state index in [-0.39, 0.29) is 5.91 Å². The molecule has 1 N–H and O–H groups in total. The minimum Gasteiger partial charge on any atom is -0.493 e. The van der Waals surface area contributed by atoms with Crippen LogP contribution >= 0.6 is 11.8 Å². The molecule has 0 spiro atoms. The lowest BCUT2D eigenvalue weighted by Gasteiger charge is -2.19. The normalized spacial score (nSPS) is 10.7. The minimum atomic E-state index is -0.0853. The summed E-state index contributed by atoms with van der Waals surface area (Å²) in [6.07, 6.45) is 3.30. The molecule has 2 aromatic carbocycles. The molecule has 4 rings (SSSR count). The molecule has 0 atom stereocenters. The molecule has 0 fully saturated rings. The number of likely N-dealkylation sites (N-methyl/N-ethyl adjacent to an activating group) is 1. The number of nitrogens with zero attached hydrogens (tertiary/aromatic N) is 4. The first kappa shape index (κ1) is 28.9. The largest absolute Gasteiger partial charge is 0.493 e. The number of ether oxygens (including phenoxy) is 2. The number of aromatic nitrogens is 3. The summed E-state index contributed by atoms with van der Waals surface area (Å²) in [6.45, 7) is 3.32.